The lowest BCUT2D eigenvalue weighted by atomic mass is 10.0. The minimum Gasteiger partial charge on any atom is -0.504 e. The summed E-state index contributed by atoms with van der Waals surface area (Å²) in [4.78, 5) is 0. The van der Waals surface area contributed by atoms with E-state index in [1.165, 1.54) is 7.11 Å². The van der Waals surface area contributed by atoms with Gasteiger partial charge in [0.05, 0.1) is 24.8 Å². The molecule has 0 aliphatic carbocycles. The molecule has 2 N–H and O–H groups in total. The van der Waals surface area contributed by atoms with Crippen molar-refractivity contribution in [3.8, 4) is 11.5 Å². The average molecular weight is 258 g/mol. The number of aryl methyl sites for hydroxylation is 1. The molecule has 0 saturated carbocycles. The van der Waals surface area contributed by atoms with Crippen LogP contribution in [-0.4, -0.2) is 31.9 Å². The Morgan fingerprint density at radius 1 is 1.59 bits per heavy atom. The van der Waals surface area contributed by atoms with Gasteiger partial charge in [0.25, 0.3) is 0 Å². The molecule has 0 bridgehead atoms. The summed E-state index contributed by atoms with van der Waals surface area (Å²) in [5.41, 5.74) is 1.65. The Kier molecular flexibility index (Phi) is 3.76. The molecule has 1 aliphatic rings. The molecule has 5 heteroatoms. The van der Waals surface area contributed by atoms with Gasteiger partial charge < -0.3 is 19.9 Å². The van der Waals surface area contributed by atoms with E-state index in [9.17, 15) is 5.11 Å². The third-order valence-electron chi connectivity index (χ3n) is 2.91. The molecule has 94 valence electrons. The van der Waals surface area contributed by atoms with Crippen molar-refractivity contribution in [3.05, 3.63) is 22.2 Å². The summed E-state index contributed by atoms with van der Waals surface area (Å²) in [6, 6.07) is 1.79. The van der Waals surface area contributed by atoms with Gasteiger partial charge in [0.15, 0.2) is 11.5 Å². The fourth-order valence-electron chi connectivity index (χ4n) is 2.11. The number of nitrogens with one attached hydrogen (secondary N) is 1. The first-order valence-electron chi connectivity index (χ1n) is 5.53. The molecule has 1 unspecified atom stereocenters. The normalized spacial score (nSPS) is 20.3. The molecule has 2 rings (SSSR count). The quantitative estimate of drug-likeness (QED) is 0.851. The fourth-order valence-corrected chi connectivity index (χ4v) is 2.44. The van der Waals surface area contributed by atoms with Crippen molar-refractivity contribution in [1.82, 2.24) is 5.32 Å². The number of rotatable bonds is 2. The van der Waals surface area contributed by atoms with Gasteiger partial charge in [0.2, 0.25) is 0 Å². The monoisotopic (exact) mass is 257 g/mol. The van der Waals surface area contributed by atoms with E-state index in [1.54, 1.807) is 6.07 Å². The molecule has 1 aromatic rings. The molecule has 1 atom stereocenters. The van der Waals surface area contributed by atoms with Gasteiger partial charge in [-0.15, -0.1) is 0 Å². The summed E-state index contributed by atoms with van der Waals surface area (Å²) < 4.78 is 10.7. The standard InChI is InChI=1S/C12H16ClNO3/c1-7-5-8(13)12(16-2)11(15)10(7)9-6-14-3-4-17-9/h5,9,14-15H,3-4,6H2,1-2H3. The van der Waals surface area contributed by atoms with E-state index >= 15 is 0 Å². The van der Waals surface area contributed by atoms with E-state index < -0.39 is 0 Å². The summed E-state index contributed by atoms with van der Waals surface area (Å²) in [6.45, 7) is 4.05. The Morgan fingerprint density at radius 2 is 2.35 bits per heavy atom. The zero-order valence-corrected chi connectivity index (χ0v) is 10.7. The molecular weight excluding hydrogens is 242 g/mol. The third-order valence-corrected chi connectivity index (χ3v) is 3.19. The molecule has 1 saturated heterocycles. The topological polar surface area (TPSA) is 50.7 Å². The summed E-state index contributed by atoms with van der Waals surface area (Å²) in [6.07, 6.45) is -0.157. The number of hydrogen-bond donors (Lipinski definition) is 2. The van der Waals surface area contributed by atoms with Gasteiger partial charge in [-0.2, -0.15) is 0 Å². The van der Waals surface area contributed by atoms with Crippen LogP contribution in [0.4, 0.5) is 0 Å². The molecule has 1 fully saturated rings. The van der Waals surface area contributed by atoms with Gasteiger partial charge in [0.1, 0.15) is 0 Å². The van der Waals surface area contributed by atoms with Gasteiger partial charge in [-0.1, -0.05) is 11.6 Å². The number of morpholine rings is 1. The highest BCUT2D eigenvalue weighted by Gasteiger charge is 2.24. The van der Waals surface area contributed by atoms with Crippen molar-refractivity contribution in [3.63, 3.8) is 0 Å². The summed E-state index contributed by atoms with van der Waals surface area (Å²) in [7, 11) is 1.49. The summed E-state index contributed by atoms with van der Waals surface area (Å²) >= 11 is 6.00. The number of phenols is 1. The molecule has 17 heavy (non-hydrogen) atoms. The van der Waals surface area contributed by atoms with E-state index in [0.29, 0.717) is 23.9 Å². The van der Waals surface area contributed by atoms with Crippen LogP contribution in [0.25, 0.3) is 0 Å². The minimum absolute atomic E-state index is 0.0752. The van der Waals surface area contributed by atoms with Crippen LogP contribution in [0.5, 0.6) is 11.5 Å². The van der Waals surface area contributed by atoms with E-state index in [1.807, 2.05) is 6.92 Å². The number of ether oxygens (including phenoxy) is 2. The SMILES string of the molecule is COc1c(Cl)cc(C)c(C2CNCCO2)c1O. The van der Waals surface area contributed by atoms with Crippen molar-refractivity contribution in [2.45, 2.75) is 13.0 Å². The molecule has 4 nitrogen and oxygen atoms in total. The lowest BCUT2D eigenvalue weighted by molar-refractivity contribution is 0.0257. The van der Waals surface area contributed by atoms with Crippen molar-refractivity contribution in [1.29, 1.82) is 0 Å². The molecular formula is C12H16ClNO3. The highest BCUT2D eigenvalue weighted by atomic mass is 35.5. The van der Waals surface area contributed by atoms with Gasteiger partial charge in [-0.25, -0.2) is 0 Å². The molecule has 1 aromatic carbocycles. The van der Waals surface area contributed by atoms with Crippen molar-refractivity contribution >= 4 is 11.6 Å². The van der Waals surface area contributed by atoms with E-state index in [0.717, 1.165) is 17.7 Å². The Labute approximate surface area is 105 Å². The first-order chi connectivity index (χ1) is 8.15. The lowest BCUT2D eigenvalue weighted by Gasteiger charge is -2.26. The second-order valence-corrected chi connectivity index (χ2v) is 4.44. The zero-order chi connectivity index (χ0) is 12.4. The van der Waals surface area contributed by atoms with Gasteiger partial charge in [0, 0.05) is 18.7 Å². The first kappa shape index (κ1) is 12.5. The first-order valence-corrected chi connectivity index (χ1v) is 5.91. The molecule has 0 radical (unpaired) electrons. The van der Waals surface area contributed by atoms with Crippen LogP contribution < -0.4 is 10.1 Å². The number of halogens is 1. The maximum atomic E-state index is 10.2. The van der Waals surface area contributed by atoms with Crippen LogP contribution in [0.1, 0.15) is 17.2 Å². The van der Waals surface area contributed by atoms with Crippen LogP contribution in [0.2, 0.25) is 5.02 Å². The fraction of sp³-hybridized carbons (Fsp3) is 0.500. The predicted molar refractivity (Wildman–Crippen MR) is 66.0 cm³/mol. The van der Waals surface area contributed by atoms with Crippen LogP contribution in [0, 0.1) is 6.92 Å². The molecule has 0 spiro atoms. The largest absolute Gasteiger partial charge is 0.504 e. The molecule has 0 aromatic heterocycles. The van der Waals surface area contributed by atoms with Gasteiger partial charge in [-0.05, 0) is 18.6 Å². The van der Waals surface area contributed by atoms with Crippen molar-refractivity contribution in [2.75, 3.05) is 26.8 Å². The molecule has 1 aliphatic heterocycles. The third kappa shape index (κ3) is 2.34. The van der Waals surface area contributed by atoms with Crippen molar-refractivity contribution < 1.29 is 14.6 Å². The summed E-state index contributed by atoms with van der Waals surface area (Å²) in [5, 5.41) is 13.8. The number of aromatic hydroxyl groups is 1. The second kappa shape index (κ2) is 5.12. The zero-order valence-electron chi connectivity index (χ0n) is 9.92. The minimum atomic E-state index is -0.157. The second-order valence-electron chi connectivity index (χ2n) is 4.03. The van der Waals surface area contributed by atoms with Crippen LogP contribution in [-0.2, 0) is 4.74 Å². The average Bonchev–Trinajstić information content (AvgIpc) is 2.30. The molecule has 0 amide bonds. The molecule has 1 heterocycles. The highest BCUT2D eigenvalue weighted by Crippen LogP contribution is 2.42. The number of benzene rings is 1. The lowest BCUT2D eigenvalue weighted by Crippen LogP contribution is -2.33. The van der Waals surface area contributed by atoms with Gasteiger partial charge in [-0.3, -0.25) is 0 Å². The maximum Gasteiger partial charge on any atom is 0.179 e. The maximum absolute atomic E-state index is 10.2. The predicted octanol–water partition coefficient (Wildman–Crippen LogP) is 2.02. The number of methoxy groups -OCH3 is 1. The van der Waals surface area contributed by atoms with Crippen LogP contribution in [0.15, 0.2) is 6.07 Å². The van der Waals surface area contributed by atoms with E-state index in [2.05, 4.69) is 5.32 Å². The van der Waals surface area contributed by atoms with Gasteiger partial charge >= 0.3 is 0 Å². The smallest absolute Gasteiger partial charge is 0.179 e. The van der Waals surface area contributed by atoms with E-state index in [-0.39, 0.29) is 11.9 Å². The Bertz CT molecular complexity index is 417. The Morgan fingerprint density at radius 3 is 2.94 bits per heavy atom. The van der Waals surface area contributed by atoms with Crippen molar-refractivity contribution in [2.24, 2.45) is 0 Å². The number of phenolic OH excluding ortho intramolecular Hbond substituents is 1. The number of hydrogen-bond acceptors (Lipinski definition) is 4. The van der Waals surface area contributed by atoms with Crippen LogP contribution >= 0.6 is 11.6 Å². The Balaban J connectivity index is 2.44. The van der Waals surface area contributed by atoms with Crippen LogP contribution in [0.3, 0.4) is 0 Å². The van der Waals surface area contributed by atoms with E-state index in [4.69, 9.17) is 21.1 Å². The summed E-state index contributed by atoms with van der Waals surface area (Å²) in [5.74, 6) is 0.382. The Hall–Kier alpha value is -0.970. The highest BCUT2D eigenvalue weighted by molar-refractivity contribution is 6.32.